The van der Waals surface area contributed by atoms with Crippen LogP contribution in [0.1, 0.15) is 0 Å². The smallest absolute Gasteiger partial charge is 0.204 e. The highest BCUT2D eigenvalue weighted by molar-refractivity contribution is 5.28. The van der Waals surface area contributed by atoms with E-state index in [0.29, 0.717) is 11.7 Å². The van der Waals surface area contributed by atoms with Gasteiger partial charge in [0.2, 0.25) is 5.88 Å². The van der Waals surface area contributed by atoms with E-state index in [4.69, 9.17) is 10.2 Å². The average Bonchev–Trinajstić information content (AvgIpc) is 2.55. The SMILES string of the molecule is Nc1cn(-c2ccco2)cn1. The number of rotatable bonds is 1. The van der Waals surface area contributed by atoms with E-state index < -0.39 is 0 Å². The van der Waals surface area contributed by atoms with E-state index in [2.05, 4.69) is 4.98 Å². The summed E-state index contributed by atoms with van der Waals surface area (Å²) >= 11 is 0. The molecule has 4 heteroatoms. The molecule has 0 spiro atoms. The molecule has 0 saturated heterocycles. The van der Waals surface area contributed by atoms with Crippen LogP contribution in [0, 0.1) is 0 Å². The van der Waals surface area contributed by atoms with Crippen LogP contribution in [0.4, 0.5) is 5.82 Å². The van der Waals surface area contributed by atoms with E-state index in [1.165, 1.54) is 0 Å². The van der Waals surface area contributed by atoms with Gasteiger partial charge < -0.3 is 10.2 Å². The van der Waals surface area contributed by atoms with Gasteiger partial charge in [-0.05, 0) is 6.07 Å². The lowest BCUT2D eigenvalue weighted by Crippen LogP contribution is -1.85. The molecule has 0 unspecified atom stereocenters. The third-order valence-corrected chi connectivity index (χ3v) is 1.36. The van der Waals surface area contributed by atoms with E-state index >= 15 is 0 Å². The number of anilines is 1. The van der Waals surface area contributed by atoms with Crippen molar-refractivity contribution >= 4 is 5.82 Å². The number of imidazole rings is 1. The Labute approximate surface area is 63.3 Å². The Hall–Kier alpha value is -1.71. The maximum absolute atomic E-state index is 5.41. The Kier molecular flexibility index (Phi) is 1.18. The third-order valence-electron chi connectivity index (χ3n) is 1.36. The number of nitrogen functional groups attached to an aromatic ring is 1. The van der Waals surface area contributed by atoms with Crippen molar-refractivity contribution in [3.63, 3.8) is 0 Å². The van der Waals surface area contributed by atoms with E-state index in [9.17, 15) is 0 Å². The first-order valence-corrected chi connectivity index (χ1v) is 3.19. The lowest BCUT2D eigenvalue weighted by Gasteiger charge is -1.91. The maximum atomic E-state index is 5.41. The van der Waals surface area contributed by atoms with Crippen molar-refractivity contribution in [2.75, 3.05) is 5.73 Å². The predicted octanol–water partition coefficient (Wildman–Crippen LogP) is 1.05. The molecule has 0 aliphatic carbocycles. The molecule has 2 N–H and O–H groups in total. The van der Waals surface area contributed by atoms with Crippen molar-refractivity contribution in [3.05, 3.63) is 30.9 Å². The van der Waals surface area contributed by atoms with Gasteiger partial charge in [0, 0.05) is 6.07 Å². The molecule has 0 fully saturated rings. The summed E-state index contributed by atoms with van der Waals surface area (Å²) in [4.78, 5) is 3.85. The van der Waals surface area contributed by atoms with Crippen molar-refractivity contribution in [1.82, 2.24) is 9.55 Å². The van der Waals surface area contributed by atoms with Gasteiger partial charge in [-0.15, -0.1) is 0 Å². The summed E-state index contributed by atoms with van der Waals surface area (Å²) in [6.07, 6.45) is 4.90. The van der Waals surface area contributed by atoms with Crippen LogP contribution in [-0.4, -0.2) is 9.55 Å². The molecule has 0 aromatic carbocycles. The first-order valence-electron chi connectivity index (χ1n) is 3.19. The van der Waals surface area contributed by atoms with Crippen LogP contribution in [0.3, 0.4) is 0 Å². The van der Waals surface area contributed by atoms with Gasteiger partial charge in [0.15, 0.2) is 0 Å². The first kappa shape index (κ1) is 6.03. The van der Waals surface area contributed by atoms with Crippen molar-refractivity contribution in [3.8, 4) is 5.88 Å². The summed E-state index contributed by atoms with van der Waals surface area (Å²) in [7, 11) is 0. The van der Waals surface area contributed by atoms with Gasteiger partial charge in [0.25, 0.3) is 0 Å². The number of aromatic nitrogens is 2. The number of hydrogen-bond acceptors (Lipinski definition) is 3. The van der Waals surface area contributed by atoms with E-state index in [-0.39, 0.29) is 0 Å². The molecule has 2 rings (SSSR count). The molecular weight excluding hydrogens is 142 g/mol. The zero-order chi connectivity index (χ0) is 7.68. The van der Waals surface area contributed by atoms with Gasteiger partial charge in [0.1, 0.15) is 12.1 Å². The van der Waals surface area contributed by atoms with Crippen LogP contribution in [0.25, 0.3) is 5.88 Å². The van der Waals surface area contributed by atoms with Crippen molar-refractivity contribution in [2.45, 2.75) is 0 Å². The highest BCUT2D eigenvalue weighted by Crippen LogP contribution is 2.08. The van der Waals surface area contributed by atoms with E-state index in [0.717, 1.165) is 0 Å². The Morgan fingerprint density at radius 1 is 1.55 bits per heavy atom. The van der Waals surface area contributed by atoms with Crippen LogP contribution < -0.4 is 5.73 Å². The molecule has 11 heavy (non-hydrogen) atoms. The summed E-state index contributed by atoms with van der Waals surface area (Å²) in [5.41, 5.74) is 5.41. The minimum Gasteiger partial charge on any atom is -0.448 e. The van der Waals surface area contributed by atoms with Gasteiger partial charge in [0.05, 0.1) is 12.5 Å². The number of hydrogen-bond donors (Lipinski definition) is 1. The molecule has 0 atom stereocenters. The molecule has 4 nitrogen and oxygen atoms in total. The number of nitrogens with two attached hydrogens (primary N) is 1. The van der Waals surface area contributed by atoms with Crippen molar-refractivity contribution in [1.29, 1.82) is 0 Å². The van der Waals surface area contributed by atoms with Gasteiger partial charge in [-0.3, -0.25) is 4.57 Å². The lowest BCUT2D eigenvalue weighted by molar-refractivity contribution is 0.538. The third kappa shape index (κ3) is 0.980. The van der Waals surface area contributed by atoms with Crippen LogP contribution in [-0.2, 0) is 0 Å². The van der Waals surface area contributed by atoms with E-state index in [1.807, 2.05) is 12.1 Å². The molecular formula is C7H7N3O. The predicted molar refractivity (Wildman–Crippen MR) is 40.2 cm³/mol. The Balaban J connectivity index is 2.45. The molecule has 0 amide bonds. The summed E-state index contributed by atoms with van der Waals surface area (Å²) in [5, 5.41) is 0. The molecule has 0 aliphatic heterocycles. The zero-order valence-corrected chi connectivity index (χ0v) is 5.77. The van der Waals surface area contributed by atoms with Crippen LogP contribution in [0.15, 0.2) is 35.3 Å². The molecule has 0 aliphatic rings. The molecule has 0 radical (unpaired) electrons. The fraction of sp³-hybridized carbons (Fsp3) is 0. The lowest BCUT2D eigenvalue weighted by atomic mass is 10.6. The Morgan fingerprint density at radius 3 is 3.00 bits per heavy atom. The normalized spacial score (nSPS) is 10.2. The molecule has 2 aromatic rings. The van der Waals surface area contributed by atoms with Gasteiger partial charge in [-0.25, -0.2) is 4.98 Å². The molecule has 0 saturated carbocycles. The molecule has 2 heterocycles. The highest BCUT2D eigenvalue weighted by atomic mass is 16.3. The largest absolute Gasteiger partial charge is 0.448 e. The fourth-order valence-electron chi connectivity index (χ4n) is 0.875. The second-order valence-corrected chi connectivity index (χ2v) is 2.16. The van der Waals surface area contributed by atoms with Crippen LogP contribution in [0.2, 0.25) is 0 Å². The van der Waals surface area contributed by atoms with Gasteiger partial charge in [-0.2, -0.15) is 0 Å². The highest BCUT2D eigenvalue weighted by Gasteiger charge is 1.97. The molecule has 2 aromatic heterocycles. The number of furan rings is 1. The summed E-state index contributed by atoms with van der Waals surface area (Å²) in [6.45, 7) is 0. The van der Waals surface area contributed by atoms with Crippen LogP contribution >= 0.6 is 0 Å². The van der Waals surface area contributed by atoms with Gasteiger partial charge >= 0.3 is 0 Å². The average molecular weight is 149 g/mol. The van der Waals surface area contributed by atoms with E-state index in [1.54, 1.807) is 23.4 Å². The maximum Gasteiger partial charge on any atom is 0.204 e. The molecule has 56 valence electrons. The van der Waals surface area contributed by atoms with Crippen molar-refractivity contribution < 1.29 is 4.42 Å². The quantitative estimate of drug-likeness (QED) is 0.659. The van der Waals surface area contributed by atoms with Crippen LogP contribution in [0.5, 0.6) is 0 Å². The van der Waals surface area contributed by atoms with Gasteiger partial charge in [-0.1, -0.05) is 0 Å². The topological polar surface area (TPSA) is 57.0 Å². The van der Waals surface area contributed by atoms with Crippen molar-refractivity contribution in [2.24, 2.45) is 0 Å². The first-order chi connectivity index (χ1) is 5.36. The second-order valence-electron chi connectivity index (χ2n) is 2.16. The Bertz CT molecular complexity index is 336. The second kappa shape index (κ2) is 2.16. The molecule has 0 bridgehead atoms. The summed E-state index contributed by atoms with van der Waals surface area (Å²) < 4.78 is 6.82. The standard InChI is InChI=1S/C7H7N3O/c8-6-4-10(5-9-6)7-2-1-3-11-7/h1-5H,8H2. The monoisotopic (exact) mass is 149 g/mol. The Morgan fingerprint density at radius 2 is 2.45 bits per heavy atom. The number of nitrogens with zero attached hydrogens (tertiary/aromatic N) is 2. The minimum absolute atomic E-state index is 0.487. The fourth-order valence-corrected chi connectivity index (χ4v) is 0.875. The minimum atomic E-state index is 0.487. The zero-order valence-electron chi connectivity index (χ0n) is 5.77. The summed E-state index contributed by atoms with van der Waals surface area (Å²) in [5.74, 6) is 1.20. The summed E-state index contributed by atoms with van der Waals surface area (Å²) in [6, 6.07) is 3.65.